The third-order valence-electron chi connectivity index (χ3n) is 1.05. The second-order valence-corrected chi connectivity index (χ2v) is 2.00. The number of hydrogen-bond acceptors (Lipinski definition) is 3. The zero-order valence-corrected chi connectivity index (χ0v) is 7.45. The Bertz CT molecular complexity index is 171. The van der Waals surface area contributed by atoms with Crippen LogP contribution >= 0.6 is 0 Å². The van der Waals surface area contributed by atoms with Gasteiger partial charge in [-0.3, -0.25) is 4.79 Å². The van der Waals surface area contributed by atoms with E-state index in [1.807, 2.05) is 0 Å². The summed E-state index contributed by atoms with van der Waals surface area (Å²) in [5.74, 6) is -0.209. The second-order valence-electron chi connectivity index (χ2n) is 2.00. The van der Waals surface area contributed by atoms with Crippen LogP contribution in [-0.4, -0.2) is 19.7 Å². The van der Waals surface area contributed by atoms with Crippen LogP contribution in [0.4, 0.5) is 0 Å². The van der Waals surface area contributed by atoms with Crippen molar-refractivity contribution in [2.75, 3.05) is 13.7 Å². The summed E-state index contributed by atoms with van der Waals surface area (Å²) < 4.78 is 9.35. The fourth-order valence-electron chi connectivity index (χ4n) is 0.587. The lowest BCUT2D eigenvalue weighted by Crippen LogP contribution is -2.01. The van der Waals surface area contributed by atoms with Gasteiger partial charge in [0.25, 0.3) is 0 Å². The molecule has 0 atom stereocenters. The van der Waals surface area contributed by atoms with Gasteiger partial charge in [-0.15, -0.1) is 0 Å². The average Bonchev–Trinajstić information content (AvgIpc) is 2.05. The molecule has 0 radical (unpaired) electrons. The first kappa shape index (κ1) is 10.8. The number of hydrogen-bond donors (Lipinski definition) is 0. The number of carbonyl (C=O) groups excluding carboxylic acids is 1. The van der Waals surface area contributed by atoms with Gasteiger partial charge in [-0.25, -0.2) is 0 Å². The van der Waals surface area contributed by atoms with Crippen molar-refractivity contribution in [2.45, 2.75) is 13.3 Å². The number of methoxy groups -OCH3 is 1. The standard InChI is InChI=1S/C9H14O3/c1-3-12-9(10)7-5-4-6-8-11-2/h4-6,8H,3,7H2,1-2H3/b5-4+,8-6-. The minimum Gasteiger partial charge on any atom is -0.504 e. The number of carbonyl (C=O) groups is 1. The molecule has 0 fully saturated rings. The molecule has 0 aliphatic rings. The van der Waals surface area contributed by atoms with Crippen LogP contribution in [0.15, 0.2) is 24.5 Å². The van der Waals surface area contributed by atoms with Crippen molar-refractivity contribution in [3.63, 3.8) is 0 Å². The highest BCUT2D eigenvalue weighted by atomic mass is 16.5. The summed E-state index contributed by atoms with van der Waals surface area (Å²) in [7, 11) is 1.57. The Morgan fingerprint density at radius 1 is 1.42 bits per heavy atom. The first-order valence-corrected chi connectivity index (χ1v) is 3.81. The SMILES string of the molecule is CCOC(=O)C/C=C/C=C\OC. The maximum Gasteiger partial charge on any atom is 0.309 e. The molecule has 0 aromatic rings. The molecule has 3 nitrogen and oxygen atoms in total. The molecule has 68 valence electrons. The highest BCUT2D eigenvalue weighted by Gasteiger charge is 1.94. The van der Waals surface area contributed by atoms with Crippen LogP contribution in [0.5, 0.6) is 0 Å². The van der Waals surface area contributed by atoms with Gasteiger partial charge in [0.1, 0.15) is 0 Å². The van der Waals surface area contributed by atoms with Crippen LogP contribution in [0.25, 0.3) is 0 Å². The molecule has 0 N–H and O–H groups in total. The average molecular weight is 170 g/mol. The molecule has 0 heterocycles. The predicted molar refractivity (Wildman–Crippen MR) is 46.5 cm³/mol. The van der Waals surface area contributed by atoms with E-state index in [2.05, 4.69) is 4.74 Å². The molecule has 0 amide bonds. The summed E-state index contributed by atoms with van der Waals surface area (Å²) >= 11 is 0. The smallest absolute Gasteiger partial charge is 0.309 e. The Labute approximate surface area is 72.7 Å². The molecule has 0 aromatic heterocycles. The van der Waals surface area contributed by atoms with Crippen LogP contribution in [0.1, 0.15) is 13.3 Å². The van der Waals surface area contributed by atoms with Crippen LogP contribution in [0.3, 0.4) is 0 Å². The summed E-state index contributed by atoms with van der Waals surface area (Å²) in [4.78, 5) is 10.7. The topological polar surface area (TPSA) is 35.5 Å². The Morgan fingerprint density at radius 3 is 2.75 bits per heavy atom. The van der Waals surface area contributed by atoms with Crippen LogP contribution in [0, 0.1) is 0 Å². The molecule has 0 rings (SSSR count). The fourth-order valence-corrected chi connectivity index (χ4v) is 0.587. The van der Waals surface area contributed by atoms with Gasteiger partial charge in [-0.1, -0.05) is 12.2 Å². The Balaban J connectivity index is 3.46. The summed E-state index contributed by atoms with van der Waals surface area (Å²) in [6.45, 7) is 2.22. The molecule has 0 unspecified atom stereocenters. The Kier molecular flexibility index (Phi) is 7.03. The first-order valence-electron chi connectivity index (χ1n) is 3.81. The molecule has 0 aromatic carbocycles. The predicted octanol–water partition coefficient (Wildman–Crippen LogP) is 1.66. The second kappa shape index (κ2) is 7.85. The van der Waals surface area contributed by atoms with Gasteiger partial charge in [0, 0.05) is 0 Å². The Hall–Kier alpha value is -1.25. The van der Waals surface area contributed by atoms with Crippen molar-refractivity contribution < 1.29 is 14.3 Å². The summed E-state index contributed by atoms with van der Waals surface area (Å²) in [5.41, 5.74) is 0. The quantitative estimate of drug-likeness (QED) is 0.357. The van der Waals surface area contributed by atoms with Gasteiger partial charge in [0.2, 0.25) is 0 Å². The van der Waals surface area contributed by atoms with E-state index in [1.165, 1.54) is 6.26 Å². The molecule has 3 heteroatoms. The van der Waals surface area contributed by atoms with E-state index in [0.29, 0.717) is 13.0 Å². The van der Waals surface area contributed by atoms with Crippen LogP contribution < -0.4 is 0 Å². The number of esters is 1. The van der Waals surface area contributed by atoms with Gasteiger partial charge < -0.3 is 9.47 Å². The van der Waals surface area contributed by atoms with Crippen molar-refractivity contribution in [1.82, 2.24) is 0 Å². The van der Waals surface area contributed by atoms with E-state index in [-0.39, 0.29) is 5.97 Å². The molecular formula is C9H14O3. The van der Waals surface area contributed by atoms with Gasteiger partial charge in [-0.05, 0) is 13.0 Å². The van der Waals surface area contributed by atoms with Crippen molar-refractivity contribution in [3.05, 3.63) is 24.5 Å². The summed E-state index contributed by atoms with van der Waals surface area (Å²) in [6, 6.07) is 0. The van der Waals surface area contributed by atoms with Gasteiger partial charge in [-0.2, -0.15) is 0 Å². The lowest BCUT2D eigenvalue weighted by atomic mass is 10.4. The van der Waals surface area contributed by atoms with Gasteiger partial charge in [0.05, 0.1) is 26.4 Å². The number of rotatable bonds is 5. The van der Waals surface area contributed by atoms with Crippen LogP contribution in [-0.2, 0) is 14.3 Å². The molecule has 12 heavy (non-hydrogen) atoms. The lowest BCUT2D eigenvalue weighted by Gasteiger charge is -1.95. The normalized spacial score (nSPS) is 10.8. The van der Waals surface area contributed by atoms with Crippen molar-refractivity contribution >= 4 is 5.97 Å². The third kappa shape index (κ3) is 6.86. The lowest BCUT2D eigenvalue weighted by molar-refractivity contribution is -0.142. The molecule has 0 spiro atoms. The fraction of sp³-hybridized carbons (Fsp3) is 0.444. The van der Waals surface area contributed by atoms with E-state index in [9.17, 15) is 4.79 Å². The van der Waals surface area contributed by atoms with Gasteiger partial charge >= 0.3 is 5.97 Å². The minimum atomic E-state index is -0.209. The Morgan fingerprint density at radius 2 is 2.17 bits per heavy atom. The minimum absolute atomic E-state index is 0.209. The molecule has 0 saturated heterocycles. The highest BCUT2D eigenvalue weighted by molar-refractivity contribution is 5.71. The van der Waals surface area contributed by atoms with E-state index >= 15 is 0 Å². The zero-order chi connectivity index (χ0) is 9.23. The maximum absolute atomic E-state index is 10.7. The monoisotopic (exact) mass is 170 g/mol. The van der Waals surface area contributed by atoms with Crippen molar-refractivity contribution in [3.8, 4) is 0 Å². The van der Waals surface area contributed by atoms with E-state index in [0.717, 1.165) is 0 Å². The largest absolute Gasteiger partial charge is 0.504 e. The van der Waals surface area contributed by atoms with Crippen LogP contribution in [0.2, 0.25) is 0 Å². The van der Waals surface area contributed by atoms with Crippen molar-refractivity contribution in [1.29, 1.82) is 0 Å². The van der Waals surface area contributed by atoms with E-state index in [1.54, 1.807) is 32.3 Å². The molecule has 0 aliphatic carbocycles. The van der Waals surface area contributed by atoms with E-state index in [4.69, 9.17) is 4.74 Å². The molecule has 0 bridgehead atoms. The zero-order valence-electron chi connectivity index (χ0n) is 7.45. The molecular weight excluding hydrogens is 156 g/mol. The summed E-state index contributed by atoms with van der Waals surface area (Å²) in [5, 5.41) is 0. The third-order valence-corrected chi connectivity index (χ3v) is 1.05. The first-order chi connectivity index (χ1) is 5.81. The van der Waals surface area contributed by atoms with E-state index < -0.39 is 0 Å². The van der Waals surface area contributed by atoms with Crippen molar-refractivity contribution in [2.24, 2.45) is 0 Å². The molecule has 0 aliphatic heterocycles. The number of ether oxygens (including phenoxy) is 2. The molecule has 0 saturated carbocycles. The number of allylic oxidation sites excluding steroid dienone is 2. The maximum atomic E-state index is 10.7. The van der Waals surface area contributed by atoms with Gasteiger partial charge in [0.15, 0.2) is 0 Å². The highest BCUT2D eigenvalue weighted by Crippen LogP contribution is 1.88. The summed E-state index contributed by atoms with van der Waals surface area (Å²) in [6.07, 6.45) is 7.00.